The second kappa shape index (κ2) is 20.0. The highest BCUT2D eigenvalue weighted by molar-refractivity contribution is 7.98. The van der Waals surface area contributed by atoms with E-state index in [-0.39, 0.29) is 17.0 Å². The van der Waals surface area contributed by atoms with Crippen molar-refractivity contribution in [3.63, 3.8) is 0 Å². The molecule has 0 aliphatic carbocycles. The number of hydrogen-bond donors (Lipinski definition) is 1. The van der Waals surface area contributed by atoms with Crippen LogP contribution in [-0.4, -0.2) is 42.3 Å². The third-order valence-corrected chi connectivity index (χ3v) is 9.78. The molecular weight excluding hydrogens is 667 g/mol. The lowest BCUT2D eigenvalue weighted by Crippen LogP contribution is -2.25. The van der Waals surface area contributed by atoms with Crippen LogP contribution < -0.4 is 10.9 Å². The zero-order valence-electron chi connectivity index (χ0n) is 30.6. The van der Waals surface area contributed by atoms with E-state index >= 15 is 0 Å². The number of nitrogens with zero attached hydrogens (tertiary/aromatic N) is 6. The molecule has 2 heterocycles. The van der Waals surface area contributed by atoms with Crippen LogP contribution in [0.1, 0.15) is 139 Å². The van der Waals surface area contributed by atoms with Crippen molar-refractivity contribution in [2.24, 2.45) is 0 Å². The number of nitro benzene ring substituents is 1. The normalized spacial score (nSPS) is 11.6. The molecule has 0 saturated carbocycles. The van der Waals surface area contributed by atoms with E-state index in [0.29, 0.717) is 23.0 Å². The molecule has 12 nitrogen and oxygen atoms in total. The Kier molecular flexibility index (Phi) is 15.5. The summed E-state index contributed by atoms with van der Waals surface area (Å²) in [5.74, 6) is 0.167. The minimum Gasteiger partial charge on any atom is -0.375 e. The molecule has 276 valence electrons. The number of aromatic nitrogens is 5. The minimum absolute atomic E-state index is 0.0515. The average molecular weight is 720 g/mol. The first-order valence-electron chi connectivity index (χ1n) is 18.4. The van der Waals surface area contributed by atoms with Crippen molar-refractivity contribution in [2.45, 2.75) is 134 Å². The molecule has 1 amide bonds. The number of para-hydroxylation sites is 1. The smallest absolute Gasteiger partial charge is 0.297 e. The van der Waals surface area contributed by atoms with Crippen LogP contribution in [0.2, 0.25) is 0 Å². The molecule has 0 bridgehead atoms. The van der Waals surface area contributed by atoms with Crippen LogP contribution in [0.15, 0.2) is 63.0 Å². The number of nitro groups is 1. The van der Waals surface area contributed by atoms with Crippen molar-refractivity contribution in [1.82, 2.24) is 30.3 Å². The maximum atomic E-state index is 13.8. The minimum atomic E-state index is -0.603. The van der Waals surface area contributed by atoms with Gasteiger partial charge in [-0.1, -0.05) is 141 Å². The summed E-state index contributed by atoms with van der Waals surface area (Å²) >= 11 is 1.26. The molecule has 4 rings (SSSR count). The Morgan fingerprint density at radius 3 is 2.10 bits per heavy atom. The number of carbonyl (C=O) groups excluding carboxylic acids is 1. The van der Waals surface area contributed by atoms with Gasteiger partial charge in [0.1, 0.15) is 5.76 Å². The van der Waals surface area contributed by atoms with Gasteiger partial charge in [0.15, 0.2) is 5.69 Å². The fraction of sp³-hybridized carbons (Fsp3) is 0.553. The van der Waals surface area contributed by atoms with Crippen LogP contribution in [0.5, 0.6) is 0 Å². The van der Waals surface area contributed by atoms with Gasteiger partial charge in [0, 0.05) is 29.3 Å². The number of thioether (sulfide) groups is 1. The second-order valence-corrected chi connectivity index (χ2v) is 15.0. The van der Waals surface area contributed by atoms with Gasteiger partial charge in [-0.3, -0.25) is 19.7 Å². The van der Waals surface area contributed by atoms with Gasteiger partial charge in [0.25, 0.3) is 17.2 Å². The van der Waals surface area contributed by atoms with Crippen LogP contribution in [0, 0.1) is 10.1 Å². The molecule has 1 N–H and O–H groups in total. The van der Waals surface area contributed by atoms with Crippen LogP contribution >= 0.6 is 11.8 Å². The summed E-state index contributed by atoms with van der Waals surface area (Å²) in [5, 5.41) is 27.6. The Balaban J connectivity index is 1.32. The number of benzene rings is 2. The van der Waals surface area contributed by atoms with E-state index < -0.39 is 27.5 Å². The van der Waals surface area contributed by atoms with E-state index in [1.165, 1.54) is 101 Å². The maximum Gasteiger partial charge on any atom is 0.297 e. The summed E-state index contributed by atoms with van der Waals surface area (Å²) in [6.07, 6.45) is 17.5. The van der Waals surface area contributed by atoms with E-state index in [2.05, 4.69) is 27.8 Å². The summed E-state index contributed by atoms with van der Waals surface area (Å²) in [4.78, 5) is 38.4. The van der Waals surface area contributed by atoms with Crippen molar-refractivity contribution >= 4 is 23.4 Å². The van der Waals surface area contributed by atoms with E-state index in [9.17, 15) is 19.7 Å². The number of carbonyl (C=O) groups is 1. The fourth-order valence-electron chi connectivity index (χ4n) is 6.03. The highest BCUT2D eigenvalue weighted by Gasteiger charge is 2.31. The van der Waals surface area contributed by atoms with Crippen molar-refractivity contribution in [2.75, 3.05) is 6.54 Å². The summed E-state index contributed by atoms with van der Waals surface area (Å²) in [7, 11) is 0. The Morgan fingerprint density at radius 2 is 1.51 bits per heavy atom. The molecule has 0 radical (unpaired) electrons. The highest BCUT2D eigenvalue weighted by atomic mass is 32.2. The number of tetrazole rings is 1. The average Bonchev–Trinajstić information content (AvgIpc) is 3.73. The van der Waals surface area contributed by atoms with E-state index in [0.717, 1.165) is 29.7 Å². The predicted octanol–water partition coefficient (Wildman–Crippen LogP) is 9.12. The van der Waals surface area contributed by atoms with Crippen LogP contribution in [0.4, 0.5) is 5.69 Å². The molecule has 0 spiro atoms. The quantitative estimate of drug-likeness (QED) is 0.0363. The predicted molar refractivity (Wildman–Crippen MR) is 201 cm³/mol. The highest BCUT2D eigenvalue weighted by Crippen LogP contribution is 2.32. The fourth-order valence-corrected chi connectivity index (χ4v) is 6.91. The van der Waals surface area contributed by atoms with Gasteiger partial charge in [-0.2, -0.15) is 4.68 Å². The van der Waals surface area contributed by atoms with Gasteiger partial charge < -0.3 is 9.84 Å². The van der Waals surface area contributed by atoms with Crippen LogP contribution in [-0.2, 0) is 11.2 Å². The van der Waals surface area contributed by atoms with Gasteiger partial charge in [-0.15, -0.1) is 9.84 Å². The third kappa shape index (κ3) is 11.6. The number of nitrogens with one attached hydrogen (secondary N) is 1. The van der Waals surface area contributed by atoms with Gasteiger partial charge >= 0.3 is 0 Å². The van der Waals surface area contributed by atoms with E-state index in [4.69, 9.17) is 4.52 Å². The van der Waals surface area contributed by atoms with Crippen molar-refractivity contribution < 1.29 is 14.2 Å². The Labute approximate surface area is 304 Å². The zero-order valence-corrected chi connectivity index (χ0v) is 31.4. The first-order valence-corrected chi connectivity index (χ1v) is 19.4. The third-order valence-electron chi connectivity index (χ3n) is 8.84. The number of hydrogen-bond acceptors (Lipinski definition) is 9. The largest absolute Gasteiger partial charge is 0.375 e. The molecule has 0 fully saturated rings. The second-order valence-electron chi connectivity index (χ2n) is 14.1. The van der Waals surface area contributed by atoms with Crippen molar-refractivity contribution in [1.29, 1.82) is 0 Å². The first kappa shape index (κ1) is 39.5. The van der Waals surface area contributed by atoms with Gasteiger partial charge in [0.2, 0.25) is 5.16 Å². The molecule has 0 saturated heterocycles. The molecule has 0 aliphatic heterocycles. The molecule has 0 unspecified atom stereocenters. The molecule has 2 aromatic heterocycles. The number of rotatable bonds is 22. The summed E-state index contributed by atoms with van der Waals surface area (Å²) < 4.78 is 8.59. The van der Waals surface area contributed by atoms with Gasteiger partial charge in [-0.25, -0.2) is 0 Å². The summed E-state index contributed by atoms with van der Waals surface area (Å²) in [5.41, 5.74) is -0.302. The van der Waals surface area contributed by atoms with Crippen LogP contribution in [0.25, 0.3) is 11.4 Å². The Hall–Kier alpha value is -4.26. The SMILES string of the molecule is CCCCCCCCCCCCCCCCNC(=O)c1ccc(-n2oc(C(C)(C)C)c(CSc3nnnn3-c3ccccc3)c2=O)c([N+](=O)[O-])c1. The molecule has 2 aromatic carbocycles. The summed E-state index contributed by atoms with van der Waals surface area (Å²) in [6.45, 7) is 8.45. The van der Waals surface area contributed by atoms with Gasteiger partial charge in [0.05, 0.1) is 16.2 Å². The lowest BCUT2D eigenvalue weighted by Gasteiger charge is -2.15. The Bertz CT molecular complexity index is 1740. The Morgan fingerprint density at radius 1 is 0.902 bits per heavy atom. The van der Waals surface area contributed by atoms with Gasteiger partial charge in [-0.05, 0) is 41.1 Å². The van der Waals surface area contributed by atoms with Crippen LogP contribution in [0.3, 0.4) is 0 Å². The van der Waals surface area contributed by atoms with Crippen molar-refractivity contribution in [3.05, 3.63) is 85.9 Å². The molecule has 51 heavy (non-hydrogen) atoms. The maximum absolute atomic E-state index is 13.8. The topological polar surface area (TPSA) is 151 Å². The molecule has 0 aliphatic rings. The van der Waals surface area contributed by atoms with E-state index in [1.807, 2.05) is 51.1 Å². The molecular formula is C38H53N7O5S. The monoisotopic (exact) mass is 719 g/mol. The van der Waals surface area contributed by atoms with Crippen molar-refractivity contribution in [3.8, 4) is 11.4 Å². The first-order chi connectivity index (χ1) is 24.6. The molecule has 0 atom stereocenters. The number of amides is 1. The zero-order chi connectivity index (χ0) is 36.6. The number of unbranched alkanes of at least 4 members (excludes halogenated alkanes) is 13. The lowest BCUT2D eigenvalue weighted by atomic mass is 9.91. The standard InChI is InChI=1S/C38H53N7O5S/c1-5-6-7-8-9-10-11-12-13-14-15-16-17-21-26-39-35(46)29-24-25-32(33(27-29)45(48)49)44-36(47)31(34(50-44)38(2,3)4)28-51-37-40-41-42-43(37)30-22-19-18-20-23-30/h18-20,22-25,27H,5-17,21,26,28H2,1-4H3,(H,39,46). The molecule has 4 aromatic rings. The summed E-state index contributed by atoms with van der Waals surface area (Å²) in [6, 6.07) is 13.5. The molecule has 13 heteroatoms. The van der Waals surface area contributed by atoms with E-state index in [1.54, 1.807) is 4.68 Å². The lowest BCUT2D eigenvalue weighted by molar-refractivity contribution is -0.384.